The van der Waals surface area contributed by atoms with Crippen LogP contribution >= 0.6 is 50.7 Å². The van der Waals surface area contributed by atoms with E-state index < -0.39 is 3.79 Å². The van der Waals surface area contributed by atoms with Crippen molar-refractivity contribution >= 4 is 50.7 Å². The normalized spacial score (nSPS) is 17.1. The van der Waals surface area contributed by atoms with Crippen LogP contribution in [0.5, 0.6) is 0 Å². The fourth-order valence-corrected chi connectivity index (χ4v) is 3.28. The molecule has 0 nitrogen and oxygen atoms in total. The molecule has 4 heteroatoms. The lowest BCUT2D eigenvalue weighted by Gasteiger charge is -2.26. The van der Waals surface area contributed by atoms with Crippen molar-refractivity contribution in [1.82, 2.24) is 0 Å². The zero-order valence-electron chi connectivity index (χ0n) is 7.99. The first-order valence-electron chi connectivity index (χ1n) is 4.60. The largest absolute Gasteiger partial charge is 0.194 e. The molecule has 0 rings (SSSR count). The van der Waals surface area contributed by atoms with Crippen molar-refractivity contribution < 1.29 is 0 Å². The van der Waals surface area contributed by atoms with E-state index in [0.29, 0.717) is 0 Å². The first kappa shape index (κ1) is 14.3. The third-order valence-electron chi connectivity index (χ3n) is 2.09. The lowest BCUT2D eigenvalue weighted by molar-refractivity contribution is 0.466. The van der Waals surface area contributed by atoms with Crippen LogP contribution in [-0.2, 0) is 0 Å². The number of hydrogen-bond acceptors (Lipinski definition) is 0. The molecule has 0 aromatic rings. The molecule has 0 aromatic heterocycles. The Kier molecular flexibility index (Phi) is 7.47. The van der Waals surface area contributed by atoms with Gasteiger partial charge in [0, 0.05) is 10.7 Å². The lowest BCUT2D eigenvalue weighted by Crippen LogP contribution is -2.26. The third kappa shape index (κ3) is 6.43. The molecule has 0 saturated heterocycles. The van der Waals surface area contributed by atoms with E-state index in [4.69, 9.17) is 34.8 Å². The Morgan fingerprint density at radius 1 is 1.23 bits per heavy atom. The summed E-state index contributed by atoms with van der Waals surface area (Å²) in [5.41, 5.74) is 0. The van der Waals surface area contributed by atoms with E-state index in [9.17, 15) is 0 Å². The van der Waals surface area contributed by atoms with Gasteiger partial charge >= 0.3 is 0 Å². The molecule has 80 valence electrons. The predicted octanol–water partition coefficient (Wildman–Crippen LogP) is 5.34. The highest BCUT2D eigenvalue weighted by molar-refractivity contribution is 9.09. The standard InChI is InChI=1S/C9H16BrCl3/c1-3-4-5-6-8(7(2)10)9(11,12)13/h7-8H,3-6H2,1-2H3/t7-,8+/m0/s1. The number of halogens is 4. The average molecular weight is 310 g/mol. The topological polar surface area (TPSA) is 0 Å². The van der Waals surface area contributed by atoms with Gasteiger partial charge in [-0.25, -0.2) is 0 Å². The molecule has 0 aliphatic carbocycles. The first-order valence-corrected chi connectivity index (χ1v) is 6.65. The van der Waals surface area contributed by atoms with E-state index in [0.717, 1.165) is 12.8 Å². The minimum absolute atomic E-state index is 0.101. The van der Waals surface area contributed by atoms with Gasteiger partial charge in [0.2, 0.25) is 0 Å². The van der Waals surface area contributed by atoms with E-state index in [2.05, 4.69) is 22.9 Å². The molecule has 0 fully saturated rings. The molecule has 0 aliphatic heterocycles. The summed E-state index contributed by atoms with van der Waals surface area (Å²) in [4.78, 5) is 0.247. The molecule has 0 unspecified atom stereocenters. The van der Waals surface area contributed by atoms with Gasteiger partial charge in [0.25, 0.3) is 0 Å². The molecule has 0 N–H and O–H groups in total. The molecule has 0 amide bonds. The minimum atomic E-state index is -1.14. The molecule has 13 heavy (non-hydrogen) atoms. The average Bonchev–Trinajstić information content (AvgIpc) is 1.94. The van der Waals surface area contributed by atoms with Gasteiger partial charge in [0.05, 0.1) is 0 Å². The maximum absolute atomic E-state index is 5.87. The van der Waals surface area contributed by atoms with Crippen molar-refractivity contribution in [2.24, 2.45) is 5.92 Å². The molecular formula is C9H16BrCl3. The molecular weight excluding hydrogens is 294 g/mol. The Morgan fingerprint density at radius 3 is 2.08 bits per heavy atom. The van der Waals surface area contributed by atoms with Gasteiger partial charge in [-0.15, -0.1) is 0 Å². The van der Waals surface area contributed by atoms with E-state index in [1.54, 1.807) is 0 Å². The van der Waals surface area contributed by atoms with Gasteiger partial charge in [0.15, 0.2) is 3.79 Å². The van der Waals surface area contributed by atoms with E-state index in [1.807, 2.05) is 6.92 Å². The number of unbranched alkanes of at least 4 members (excludes halogenated alkanes) is 2. The SMILES string of the molecule is CCCCC[C@H]([C@H](C)Br)C(Cl)(Cl)Cl. The van der Waals surface area contributed by atoms with Gasteiger partial charge in [0.1, 0.15) is 0 Å². The van der Waals surface area contributed by atoms with Crippen molar-refractivity contribution in [3.8, 4) is 0 Å². The highest BCUT2D eigenvalue weighted by Gasteiger charge is 2.34. The third-order valence-corrected chi connectivity index (χ3v) is 3.57. The monoisotopic (exact) mass is 308 g/mol. The lowest BCUT2D eigenvalue weighted by atomic mass is 10.0. The highest BCUT2D eigenvalue weighted by Crippen LogP contribution is 2.41. The van der Waals surface area contributed by atoms with Crippen LogP contribution in [0.4, 0.5) is 0 Å². The summed E-state index contributed by atoms with van der Waals surface area (Å²) in [5, 5.41) is 0. The van der Waals surface area contributed by atoms with Crippen molar-refractivity contribution in [3.63, 3.8) is 0 Å². The molecule has 0 aromatic carbocycles. The first-order chi connectivity index (χ1) is 5.89. The van der Waals surface area contributed by atoms with Gasteiger partial charge < -0.3 is 0 Å². The van der Waals surface area contributed by atoms with Crippen LogP contribution in [-0.4, -0.2) is 8.62 Å². The highest BCUT2D eigenvalue weighted by atomic mass is 79.9. The zero-order chi connectivity index (χ0) is 10.5. The second kappa shape index (κ2) is 6.76. The van der Waals surface area contributed by atoms with Crippen molar-refractivity contribution in [2.45, 2.75) is 48.2 Å². The Labute approximate surface area is 104 Å². The van der Waals surface area contributed by atoms with Crippen LogP contribution in [0.2, 0.25) is 0 Å². The number of rotatable bonds is 5. The summed E-state index contributed by atoms with van der Waals surface area (Å²) >= 11 is 21.1. The van der Waals surface area contributed by atoms with Crippen LogP contribution in [0.25, 0.3) is 0 Å². The van der Waals surface area contributed by atoms with Crippen molar-refractivity contribution in [2.75, 3.05) is 0 Å². The van der Waals surface area contributed by atoms with Crippen LogP contribution < -0.4 is 0 Å². The van der Waals surface area contributed by atoms with Crippen LogP contribution in [0, 0.1) is 5.92 Å². The quantitative estimate of drug-likeness (QED) is 0.475. The summed E-state index contributed by atoms with van der Waals surface area (Å²) in [6.07, 6.45) is 4.50. The summed E-state index contributed by atoms with van der Waals surface area (Å²) in [5.74, 6) is 0.101. The molecule has 0 aliphatic rings. The second-order valence-corrected chi connectivity index (χ2v) is 7.13. The fourth-order valence-electron chi connectivity index (χ4n) is 1.27. The zero-order valence-corrected chi connectivity index (χ0v) is 11.8. The second-order valence-electron chi connectivity index (χ2n) is 3.32. The van der Waals surface area contributed by atoms with Gasteiger partial charge in [-0.1, -0.05) is 83.8 Å². The Morgan fingerprint density at radius 2 is 1.77 bits per heavy atom. The summed E-state index contributed by atoms with van der Waals surface area (Å²) in [7, 11) is 0. The van der Waals surface area contributed by atoms with Crippen LogP contribution in [0.3, 0.4) is 0 Å². The maximum atomic E-state index is 5.87. The van der Waals surface area contributed by atoms with Gasteiger partial charge in [-0.05, 0) is 6.42 Å². The number of alkyl halides is 4. The van der Waals surface area contributed by atoms with Gasteiger partial charge in [-0.2, -0.15) is 0 Å². The van der Waals surface area contributed by atoms with Crippen LogP contribution in [0.1, 0.15) is 39.5 Å². The molecule has 0 saturated carbocycles. The summed E-state index contributed by atoms with van der Waals surface area (Å²) < 4.78 is -1.14. The Bertz CT molecular complexity index is 131. The van der Waals surface area contributed by atoms with Crippen molar-refractivity contribution in [3.05, 3.63) is 0 Å². The molecule has 0 bridgehead atoms. The molecule has 0 radical (unpaired) electrons. The molecule has 0 heterocycles. The smallest absolute Gasteiger partial charge is 0.0889 e. The molecule has 2 atom stereocenters. The maximum Gasteiger partial charge on any atom is 0.194 e. The summed E-state index contributed by atoms with van der Waals surface area (Å²) in [6.45, 7) is 4.19. The Hall–Kier alpha value is 1.35. The Balaban J connectivity index is 3.97. The predicted molar refractivity (Wildman–Crippen MR) is 66.3 cm³/mol. The van der Waals surface area contributed by atoms with Gasteiger partial charge in [-0.3, -0.25) is 0 Å². The minimum Gasteiger partial charge on any atom is -0.0889 e. The van der Waals surface area contributed by atoms with E-state index in [1.165, 1.54) is 12.8 Å². The van der Waals surface area contributed by atoms with E-state index >= 15 is 0 Å². The number of hydrogen-bond donors (Lipinski definition) is 0. The van der Waals surface area contributed by atoms with Crippen LogP contribution in [0.15, 0.2) is 0 Å². The van der Waals surface area contributed by atoms with E-state index in [-0.39, 0.29) is 10.7 Å². The van der Waals surface area contributed by atoms with Crippen molar-refractivity contribution in [1.29, 1.82) is 0 Å². The summed E-state index contributed by atoms with van der Waals surface area (Å²) in [6, 6.07) is 0. The molecule has 0 spiro atoms. The fraction of sp³-hybridized carbons (Fsp3) is 1.00.